The van der Waals surface area contributed by atoms with E-state index in [1.165, 1.54) is 0 Å². The van der Waals surface area contributed by atoms with E-state index in [-0.39, 0.29) is 6.61 Å². The average Bonchev–Trinajstić information content (AvgIpc) is 2.01. The van der Waals surface area contributed by atoms with Crippen molar-refractivity contribution < 1.29 is 13.0 Å². The molecule has 0 bridgehead atoms. The fourth-order valence-corrected chi connectivity index (χ4v) is 0.604. The molecule has 1 aliphatic rings. The van der Waals surface area contributed by atoms with Crippen LogP contribution in [0.2, 0.25) is 0 Å². The summed E-state index contributed by atoms with van der Waals surface area (Å²) >= 11 is 0. The first-order valence-electron chi connectivity index (χ1n) is 5.58. The van der Waals surface area contributed by atoms with E-state index in [4.69, 9.17) is 13.0 Å². The molecule has 0 aromatic carbocycles. The van der Waals surface area contributed by atoms with Crippen molar-refractivity contribution in [3.05, 3.63) is 0 Å². The lowest BCUT2D eigenvalue weighted by Gasteiger charge is -2.26. The van der Waals surface area contributed by atoms with Crippen LogP contribution in [0, 0.1) is 0 Å². The summed E-state index contributed by atoms with van der Waals surface area (Å²) in [6, 6.07) is -1.11. The maximum atomic E-state index is 7.18. The van der Waals surface area contributed by atoms with Gasteiger partial charge in [0.15, 0.2) is 0 Å². The highest BCUT2D eigenvalue weighted by molar-refractivity contribution is 4.71. The maximum Gasteiger partial charge on any atom is 0.0697 e. The van der Waals surface area contributed by atoms with Gasteiger partial charge in [-0.15, -0.1) is 0 Å². The van der Waals surface area contributed by atoms with Crippen molar-refractivity contribution >= 4 is 0 Å². The summed E-state index contributed by atoms with van der Waals surface area (Å²) in [5, 5.41) is 2.67. The van der Waals surface area contributed by atoms with Crippen LogP contribution in [-0.4, -0.2) is 25.3 Å². The van der Waals surface area contributed by atoms with Crippen molar-refractivity contribution in [2.24, 2.45) is 0 Å². The van der Waals surface area contributed by atoms with Crippen LogP contribution in [0.1, 0.15) is 21.9 Å². The summed E-state index contributed by atoms with van der Waals surface area (Å²) in [4.78, 5) is 0. The van der Waals surface area contributed by atoms with Crippen LogP contribution in [0.3, 0.4) is 0 Å². The van der Waals surface area contributed by atoms with E-state index < -0.39 is 25.8 Å². The molecule has 2 unspecified atom stereocenters. The molecule has 1 heterocycles. The van der Waals surface area contributed by atoms with Gasteiger partial charge in [-0.25, -0.2) is 0 Å². The quantitative estimate of drug-likeness (QED) is 0.500. The normalized spacial score (nSPS) is 54.0. The fourth-order valence-electron chi connectivity index (χ4n) is 0.604. The van der Waals surface area contributed by atoms with Crippen LogP contribution in [0.5, 0.6) is 0 Å². The number of rotatable bonds is 0. The highest BCUT2D eigenvalue weighted by Gasteiger charge is 2.15. The number of morpholine rings is 1. The van der Waals surface area contributed by atoms with Crippen molar-refractivity contribution in [2.45, 2.75) is 25.8 Å². The Morgan fingerprint density at radius 3 is 3.38 bits per heavy atom. The molecule has 0 aliphatic carbocycles. The van der Waals surface area contributed by atoms with E-state index in [0.717, 1.165) is 0 Å². The molecule has 2 heteroatoms. The molecule has 0 radical (unpaired) electrons. The summed E-state index contributed by atoms with van der Waals surface area (Å²) < 4.78 is 48.0. The summed E-state index contributed by atoms with van der Waals surface area (Å²) in [5.74, 6) is 0. The second-order valence-corrected chi connectivity index (χ2v) is 1.72. The Balaban J connectivity index is 2.80. The van der Waals surface area contributed by atoms with Crippen molar-refractivity contribution in [1.29, 1.82) is 0 Å². The Hall–Kier alpha value is -0.0800. The molecule has 1 N–H and O–H groups in total. The number of hydrogen-bond acceptors (Lipinski definition) is 2. The number of nitrogens with one attached hydrogen (secondary N) is 1. The van der Waals surface area contributed by atoms with Gasteiger partial charge in [-0.1, -0.05) is 0 Å². The molecular weight excluding hydrogens is 102 g/mol. The molecule has 8 heavy (non-hydrogen) atoms. The summed E-state index contributed by atoms with van der Waals surface area (Å²) in [7, 11) is 0. The largest absolute Gasteiger partial charge is 0.376 e. The molecule has 48 valence electrons. The lowest BCUT2D eigenvalue weighted by molar-refractivity contribution is 0.0135. The zero-order chi connectivity index (χ0) is 11.0. The number of ether oxygens (including phenoxy) is 1. The van der Waals surface area contributed by atoms with E-state index >= 15 is 0 Å². The second-order valence-electron chi connectivity index (χ2n) is 1.72. The predicted molar refractivity (Wildman–Crippen MR) is 32.9 cm³/mol. The van der Waals surface area contributed by atoms with Gasteiger partial charge in [-0.05, 0) is 13.7 Å². The first kappa shape index (κ1) is 1.96. The van der Waals surface area contributed by atoms with E-state index in [1.807, 2.05) is 0 Å². The van der Waals surface area contributed by atoms with Gasteiger partial charge in [-0.2, -0.15) is 0 Å². The third kappa shape index (κ3) is 1.20. The molecule has 2 atom stereocenters. The molecule has 0 amide bonds. The Bertz CT molecular complexity index is 177. The van der Waals surface area contributed by atoms with Crippen molar-refractivity contribution in [3.8, 4) is 0 Å². The standard InChI is InChI=1S/C6H13NO/c1-5-6(2)8-4-3-7-5/h5-7H,3-4H2,1-2H3/i1D3,2D3. The molecule has 1 saturated heterocycles. The molecule has 1 rings (SSSR count). The first-order chi connectivity index (χ1) is 6.23. The molecule has 0 saturated carbocycles. The van der Waals surface area contributed by atoms with Crippen LogP contribution < -0.4 is 5.32 Å². The van der Waals surface area contributed by atoms with Gasteiger partial charge in [0.05, 0.1) is 12.7 Å². The molecule has 0 spiro atoms. The third-order valence-electron chi connectivity index (χ3n) is 1.07. The van der Waals surface area contributed by atoms with E-state index in [0.29, 0.717) is 6.54 Å². The van der Waals surface area contributed by atoms with Gasteiger partial charge in [-0.3, -0.25) is 0 Å². The third-order valence-corrected chi connectivity index (χ3v) is 1.07. The topological polar surface area (TPSA) is 21.3 Å². The summed E-state index contributed by atoms with van der Waals surface area (Å²) in [6.45, 7) is -4.14. The van der Waals surface area contributed by atoms with Crippen LogP contribution in [-0.2, 0) is 4.74 Å². The maximum absolute atomic E-state index is 7.18. The SMILES string of the molecule is [2H]C([2H])([2H])C1NCCOC1C([2H])([2H])[2H]. The van der Waals surface area contributed by atoms with Gasteiger partial charge < -0.3 is 10.1 Å². The molecule has 1 fully saturated rings. The predicted octanol–water partition coefficient (Wildman–Crippen LogP) is 0.383. The molecule has 2 nitrogen and oxygen atoms in total. The van der Waals surface area contributed by atoms with Crippen LogP contribution in [0.4, 0.5) is 0 Å². The van der Waals surface area contributed by atoms with Gasteiger partial charge in [0.2, 0.25) is 0 Å². The Morgan fingerprint density at radius 2 is 2.75 bits per heavy atom. The van der Waals surface area contributed by atoms with E-state index in [2.05, 4.69) is 5.32 Å². The van der Waals surface area contributed by atoms with Crippen molar-refractivity contribution in [2.75, 3.05) is 13.2 Å². The minimum Gasteiger partial charge on any atom is -0.376 e. The Morgan fingerprint density at radius 1 is 1.75 bits per heavy atom. The van der Waals surface area contributed by atoms with Crippen LogP contribution in [0.25, 0.3) is 0 Å². The molecule has 1 aliphatic heterocycles. The summed E-state index contributed by atoms with van der Waals surface area (Å²) in [6.07, 6.45) is -1.25. The van der Waals surface area contributed by atoms with E-state index in [9.17, 15) is 0 Å². The highest BCUT2D eigenvalue weighted by atomic mass is 16.5. The van der Waals surface area contributed by atoms with Gasteiger partial charge in [0, 0.05) is 20.8 Å². The first-order valence-corrected chi connectivity index (χ1v) is 2.58. The van der Waals surface area contributed by atoms with Gasteiger partial charge in [0.25, 0.3) is 0 Å². The minimum absolute atomic E-state index is 0.232. The Labute approximate surface area is 58.7 Å². The Kier molecular flexibility index (Phi) is 0.603. The smallest absolute Gasteiger partial charge is 0.0697 e. The van der Waals surface area contributed by atoms with Crippen LogP contribution in [0.15, 0.2) is 0 Å². The van der Waals surface area contributed by atoms with E-state index in [1.54, 1.807) is 0 Å². The molecule has 0 aromatic heterocycles. The van der Waals surface area contributed by atoms with Gasteiger partial charge in [0.1, 0.15) is 0 Å². The summed E-state index contributed by atoms with van der Waals surface area (Å²) in [5.41, 5.74) is 0. The average molecular weight is 121 g/mol. The highest BCUT2D eigenvalue weighted by Crippen LogP contribution is 2.00. The number of hydrogen-bond donors (Lipinski definition) is 1. The molecule has 0 aromatic rings. The second kappa shape index (κ2) is 2.46. The van der Waals surface area contributed by atoms with Crippen LogP contribution >= 0.6 is 0 Å². The zero-order valence-corrected chi connectivity index (χ0v) is 4.48. The fraction of sp³-hybridized carbons (Fsp3) is 1.00. The molecular formula is C6H13NO. The minimum atomic E-state index is -2.40. The van der Waals surface area contributed by atoms with Gasteiger partial charge >= 0.3 is 0 Å². The lowest BCUT2D eigenvalue weighted by atomic mass is 10.2. The van der Waals surface area contributed by atoms with Crippen molar-refractivity contribution in [1.82, 2.24) is 5.32 Å². The van der Waals surface area contributed by atoms with Crippen molar-refractivity contribution in [3.63, 3.8) is 0 Å². The zero-order valence-electron chi connectivity index (χ0n) is 10.5. The monoisotopic (exact) mass is 121 g/mol. The lowest BCUT2D eigenvalue weighted by Crippen LogP contribution is -2.44.